The van der Waals surface area contributed by atoms with Crippen molar-refractivity contribution < 1.29 is 13.2 Å². The number of aromatic nitrogens is 2. The first-order valence-corrected chi connectivity index (χ1v) is 12.8. The molecule has 0 bridgehead atoms. The van der Waals surface area contributed by atoms with E-state index in [1.54, 1.807) is 28.0 Å². The van der Waals surface area contributed by atoms with Gasteiger partial charge in [-0.1, -0.05) is 48.9 Å². The zero-order chi connectivity index (χ0) is 23.4. The second kappa shape index (κ2) is 9.89. The first kappa shape index (κ1) is 23.2. The van der Waals surface area contributed by atoms with E-state index in [4.69, 9.17) is 0 Å². The number of amides is 1. The molecule has 0 aliphatic carbocycles. The van der Waals surface area contributed by atoms with Crippen LogP contribution in [0.15, 0.2) is 59.5 Å². The Hall–Kier alpha value is -2.97. The Kier molecular flexibility index (Phi) is 6.95. The maximum Gasteiger partial charge on any atom is 0.251 e. The van der Waals surface area contributed by atoms with E-state index < -0.39 is 10.0 Å². The zero-order valence-corrected chi connectivity index (χ0v) is 19.9. The van der Waals surface area contributed by atoms with Crippen molar-refractivity contribution in [2.24, 2.45) is 0 Å². The lowest BCUT2D eigenvalue weighted by Gasteiger charge is -2.26. The SMILES string of the molecule is Cc1nn(Cc2ccc(C(=O)NCc3ccccc3)cc2)c(C)c1S(=O)(=O)N1CCCCC1. The molecule has 0 unspecified atom stereocenters. The van der Waals surface area contributed by atoms with Gasteiger partial charge < -0.3 is 5.32 Å². The summed E-state index contributed by atoms with van der Waals surface area (Å²) in [6.45, 7) is 5.61. The lowest BCUT2D eigenvalue weighted by atomic mass is 10.1. The van der Waals surface area contributed by atoms with Crippen LogP contribution in [0, 0.1) is 13.8 Å². The monoisotopic (exact) mass is 466 g/mol. The predicted octanol–water partition coefficient (Wildman–Crippen LogP) is 3.65. The van der Waals surface area contributed by atoms with E-state index in [0.717, 1.165) is 30.4 Å². The van der Waals surface area contributed by atoms with Crippen molar-refractivity contribution in [3.8, 4) is 0 Å². The van der Waals surface area contributed by atoms with Gasteiger partial charge in [-0.3, -0.25) is 9.48 Å². The van der Waals surface area contributed by atoms with Gasteiger partial charge in [0.15, 0.2) is 0 Å². The first-order valence-electron chi connectivity index (χ1n) is 11.3. The summed E-state index contributed by atoms with van der Waals surface area (Å²) in [6, 6.07) is 17.1. The highest BCUT2D eigenvalue weighted by Gasteiger charge is 2.31. The Balaban J connectivity index is 1.45. The second-order valence-corrected chi connectivity index (χ2v) is 10.4. The molecule has 7 nitrogen and oxygen atoms in total. The van der Waals surface area contributed by atoms with E-state index >= 15 is 0 Å². The van der Waals surface area contributed by atoms with Gasteiger partial charge in [0.05, 0.1) is 17.9 Å². The largest absolute Gasteiger partial charge is 0.348 e. The number of carbonyl (C=O) groups is 1. The molecule has 0 atom stereocenters. The fourth-order valence-electron chi connectivity index (χ4n) is 4.26. The number of nitrogens with one attached hydrogen (secondary N) is 1. The Bertz CT molecular complexity index is 1210. The van der Waals surface area contributed by atoms with Crippen LogP contribution in [-0.4, -0.2) is 41.5 Å². The van der Waals surface area contributed by atoms with Crippen LogP contribution >= 0.6 is 0 Å². The normalized spacial score (nSPS) is 14.8. The first-order chi connectivity index (χ1) is 15.9. The number of hydrogen-bond acceptors (Lipinski definition) is 4. The second-order valence-electron chi connectivity index (χ2n) is 8.49. The van der Waals surface area contributed by atoms with E-state index in [1.807, 2.05) is 49.4 Å². The molecule has 1 N–H and O–H groups in total. The summed E-state index contributed by atoms with van der Waals surface area (Å²) in [5.41, 5.74) is 3.73. The number of carbonyl (C=O) groups excluding carboxylic acids is 1. The van der Waals surface area contributed by atoms with Crippen molar-refractivity contribution in [1.82, 2.24) is 19.4 Å². The number of nitrogens with zero attached hydrogens (tertiary/aromatic N) is 3. The molecule has 1 aliphatic rings. The van der Waals surface area contributed by atoms with Gasteiger partial charge >= 0.3 is 0 Å². The zero-order valence-electron chi connectivity index (χ0n) is 19.1. The predicted molar refractivity (Wildman–Crippen MR) is 127 cm³/mol. The molecular weight excluding hydrogens is 436 g/mol. The highest BCUT2D eigenvalue weighted by atomic mass is 32.2. The van der Waals surface area contributed by atoms with E-state index in [1.165, 1.54) is 0 Å². The molecule has 0 saturated carbocycles. The molecule has 174 valence electrons. The summed E-state index contributed by atoms with van der Waals surface area (Å²) in [5, 5.41) is 7.44. The molecule has 8 heteroatoms. The minimum absolute atomic E-state index is 0.133. The van der Waals surface area contributed by atoms with Crippen LogP contribution in [0.1, 0.15) is 52.1 Å². The smallest absolute Gasteiger partial charge is 0.251 e. The van der Waals surface area contributed by atoms with E-state index in [9.17, 15) is 13.2 Å². The summed E-state index contributed by atoms with van der Waals surface area (Å²) < 4.78 is 29.7. The summed E-state index contributed by atoms with van der Waals surface area (Å²) >= 11 is 0. The molecule has 0 spiro atoms. The number of aryl methyl sites for hydroxylation is 1. The fourth-order valence-corrected chi connectivity index (χ4v) is 6.15. The van der Waals surface area contributed by atoms with Crippen LogP contribution in [0.25, 0.3) is 0 Å². The van der Waals surface area contributed by atoms with Crippen molar-refractivity contribution >= 4 is 15.9 Å². The fraction of sp³-hybridized carbons (Fsp3) is 0.360. The third kappa shape index (κ3) is 5.17. The van der Waals surface area contributed by atoms with Gasteiger partial charge in [0.2, 0.25) is 10.0 Å². The number of piperidine rings is 1. The van der Waals surface area contributed by atoms with Crippen LogP contribution < -0.4 is 5.32 Å². The Labute approximate surface area is 195 Å². The van der Waals surface area contributed by atoms with Gasteiger partial charge in [-0.25, -0.2) is 8.42 Å². The molecule has 1 aromatic heterocycles. The van der Waals surface area contributed by atoms with Crippen molar-refractivity contribution in [3.63, 3.8) is 0 Å². The van der Waals surface area contributed by atoms with Crippen LogP contribution in [0.4, 0.5) is 0 Å². The Morgan fingerprint density at radius 3 is 2.27 bits per heavy atom. The van der Waals surface area contributed by atoms with Crippen molar-refractivity contribution in [2.75, 3.05) is 13.1 Å². The molecule has 2 aromatic carbocycles. The van der Waals surface area contributed by atoms with E-state index in [2.05, 4.69) is 10.4 Å². The number of rotatable bonds is 7. The third-order valence-electron chi connectivity index (χ3n) is 6.07. The average Bonchev–Trinajstić information content (AvgIpc) is 3.12. The van der Waals surface area contributed by atoms with Crippen LogP contribution in [0.2, 0.25) is 0 Å². The average molecular weight is 467 g/mol. The summed E-state index contributed by atoms with van der Waals surface area (Å²) in [4.78, 5) is 12.8. The summed E-state index contributed by atoms with van der Waals surface area (Å²) in [5.74, 6) is -0.133. The molecule has 1 fully saturated rings. The van der Waals surface area contributed by atoms with Gasteiger partial charge in [-0.05, 0) is 49.9 Å². The van der Waals surface area contributed by atoms with Crippen LogP contribution in [-0.2, 0) is 23.1 Å². The van der Waals surface area contributed by atoms with Gasteiger partial charge in [-0.2, -0.15) is 9.40 Å². The number of hydrogen-bond donors (Lipinski definition) is 1. The highest BCUT2D eigenvalue weighted by molar-refractivity contribution is 7.89. The molecular formula is C25H30N4O3S. The highest BCUT2D eigenvalue weighted by Crippen LogP contribution is 2.26. The molecule has 1 aliphatic heterocycles. The van der Waals surface area contributed by atoms with E-state index in [-0.39, 0.29) is 5.91 Å². The summed E-state index contributed by atoms with van der Waals surface area (Å²) in [7, 11) is -3.54. The minimum atomic E-state index is -3.54. The van der Waals surface area contributed by atoms with Crippen molar-refractivity contribution in [1.29, 1.82) is 0 Å². The van der Waals surface area contributed by atoms with Gasteiger partial charge in [0.1, 0.15) is 4.90 Å². The quantitative estimate of drug-likeness (QED) is 0.576. The molecule has 0 radical (unpaired) electrons. The standard InChI is InChI=1S/C25H30N4O3S/c1-19-24(33(31,32)28-15-7-4-8-16-28)20(2)29(27-19)18-22-11-13-23(14-12-22)25(30)26-17-21-9-5-3-6-10-21/h3,5-6,9-14H,4,7-8,15-18H2,1-2H3,(H,26,30). The molecule has 1 saturated heterocycles. The van der Waals surface area contributed by atoms with E-state index in [0.29, 0.717) is 48.0 Å². The number of benzene rings is 2. The summed E-state index contributed by atoms with van der Waals surface area (Å²) in [6.07, 6.45) is 2.87. The third-order valence-corrected chi connectivity index (χ3v) is 8.22. The van der Waals surface area contributed by atoms with Gasteiger partial charge in [-0.15, -0.1) is 0 Å². The van der Waals surface area contributed by atoms with Gasteiger partial charge in [0, 0.05) is 25.2 Å². The van der Waals surface area contributed by atoms with Crippen LogP contribution in [0.3, 0.4) is 0 Å². The van der Waals surface area contributed by atoms with Crippen molar-refractivity contribution in [2.45, 2.75) is 51.1 Å². The molecule has 1 amide bonds. The Morgan fingerprint density at radius 1 is 0.939 bits per heavy atom. The van der Waals surface area contributed by atoms with Crippen LogP contribution in [0.5, 0.6) is 0 Å². The molecule has 4 rings (SSSR count). The lowest BCUT2D eigenvalue weighted by molar-refractivity contribution is 0.0951. The maximum atomic E-state index is 13.2. The van der Waals surface area contributed by atoms with Crippen molar-refractivity contribution in [3.05, 3.63) is 82.7 Å². The molecule has 3 aromatic rings. The Morgan fingerprint density at radius 2 is 1.61 bits per heavy atom. The topological polar surface area (TPSA) is 84.3 Å². The lowest BCUT2D eigenvalue weighted by Crippen LogP contribution is -2.36. The molecule has 2 heterocycles. The number of sulfonamides is 1. The van der Waals surface area contributed by atoms with Gasteiger partial charge in [0.25, 0.3) is 5.91 Å². The maximum absolute atomic E-state index is 13.2. The molecule has 33 heavy (non-hydrogen) atoms. The minimum Gasteiger partial charge on any atom is -0.348 e.